The second-order valence-corrected chi connectivity index (χ2v) is 8.60. The molecule has 0 aliphatic carbocycles. The van der Waals surface area contributed by atoms with Crippen molar-refractivity contribution in [2.75, 3.05) is 50.1 Å². The summed E-state index contributed by atoms with van der Waals surface area (Å²) in [6.07, 6.45) is 0. The molecule has 9 nitrogen and oxygen atoms in total. The predicted octanol–water partition coefficient (Wildman–Crippen LogP) is 1.02. The van der Waals surface area contributed by atoms with E-state index in [2.05, 4.69) is 5.32 Å². The van der Waals surface area contributed by atoms with Gasteiger partial charge in [-0.3, -0.25) is 9.69 Å². The number of hydrogen-bond acceptors (Lipinski definition) is 7. The molecule has 11 heteroatoms. The molecule has 166 valence electrons. The number of nitrogens with zero attached hydrogens (tertiary/aromatic N) is 2. The van der Waals surface area contributed by atoms with Gasteiger partial charge in [-0.1, -0.05) is 0 Å². The summed E-state index contributed by atoms with van der Waals surface area (Å²) in [6.45, 7) is 2.30. The fourth-order valence-electron chi connectivity index (χ4n) is 3.33. The number of primary sulfonamides is 1. The van der Waals surface area contributed by atoms with Gasteiger partial charge in [0, 0.05) is 31.9 Å². The molecule has 0 spiro atoms. The first-order valence-electron chi connectivity index (χ1n) is 9.45. The maximum atomic E-state index is 13.0. The Labute approximate surface area is 179 Å². The molecule has 0 radical (unpaired) electrons. The average molecular weight is 450 g/mol. The lowest BCUT2D eigenvalue weighted by molar-refractivity contribution is -0.117. The molecule has 2 aromatic carbocycles. The molecule has 1 amide bonds. The molecule has 1 aliphatic heterocycles. The Morgan fingerprint density at radius 2 is 1.74 bits per heavy atom. The molecule has 1 saturated heterocycles. The van der Waals surface area contributed by atoms with E-state index < -0.39 is 16.0 Å². The Kier molecular flexibility index (Phi) is 6.88. The van der Waals surface area contributed by atoms with Crippen LogP contribution in [0, 0.1) is 5.82 Å². The van der Waals surface area contributed by atoms with Gasteiger partial charge in [-0.25, -0.2) is 22.7 Å². The molecule has 0 unspecified atom stereocenters. The number of carbonyl (C=O) groups excluding carboxylic acids is 2. The number of carbonyl (C=O) groups is 2. The van der Waals surface area contributed by atoms with E-state index in [1.54, 1.807) is 0 Å². The summed E-state index contributed by atoms with van der Waals surface area (Å²) >= 11 is 0. The van der Waals surface area contributed by atoms with Gasteiger partial charge in [0.25, 0.3) is 0 Å². The lowest BCUT2D eigenvalue weighted by Crippen LogP contribution is -2.49. The van der Waals surface area contributed by atoms with Crippen LogP contribution in [0.4, 0.5) is 15.8 Å². The van der Waals surface area contributed by atoms with Gasteiger partial charge in [-0.15, -0.1) is 0 Å². The SMILES string of the molecule is COC(=O)c1cc(S(N)(=O)=O)ccc1N1CCN(CC(=O)Nc2ccc(F)cc2)CC1. The molecule has 1 heterocycles. The first-order chi connectivity index (χ1) is 14.7. The fourth-order valence-corrected chi connectivity index (χ4v) is 3.86. The molecule has 0 atom stereocenters. The van der Waals surface area contributed by atoms with Crippen LogP contribution in [0.25, 0.3) is 0 Å². The third-order valence-electron chi connectivity index (χ3n) is 4.91. The molecule has 0 saturated carbocycles. The number of rotatable bonds is 6. The summed E-state index contributed by atoms with van der Waals surface area (Å²) < 4.78 is 41.0. The molecular formula is C20H23FN4O5S. The number of amides is 1. The number of hydrogen-bond donors (Lipinski definition) is 2. The molecule has 3 N–H and O–H groups in total. The Hall–Kier alpha value is -3.02. The van der Waals surface area contributed by atoms with Gasteiger partial charge in [0.1, 0.15) is 5.82 Å². The van der Waals surface area contributed by atoms with E-state index in [1.165, 1.54) is 49.6 Å². The summed E-state index contributed by atoms with van der Waals surface area (Å²) in [4.78, 5) is 28.1. The highest BCUT2D eigenvalue weighted by Crippen LogP contribution is 2.26. The largest absolute Gasteiger partial charge is 0.465 e. The average Bonchev–Trinajstić information content (AvgIpc) is 2.74. The number of piperazine rings is 1. The van der Waals surface area contributed by atoms with Crippen molar-refractivity contribution >= 4 is 33.3 Å². The highest BCUT2D eigenvalue weighted by molar-refractivity contribution is 7.89. The van der Waals surface area contributed by atoms with Crippen molar-refractivity contribution in [3.63, 3.8) is 0 Å². The highest BCUT2D eigenvalue weighted by Gasteiger charge is 2.24. The quantitative estimate of drug-likeness (QED) is 0.630. The van der Waals surface area contributed by atoms with Crippen LogP contribution in [-0.4, -0.2) is 65.0 Å². The minimum absolute atomic E-state index is 0.108. The van der Waals surface area contributed by atoms with Crippen LogP contribution in [0.5, 0.6) is 0 Å². The summed E-state index contributed by atoms with van der Waals surface area (Å²) in [7, 11) is -2.75. The molecule has 0 bridgehead atoms. The minimum Gasteiger partial charge on any atom is -0.465 e. The predicted molar refractivity (Wildman–Crippen MR) is 113 cm³/mol. The van der Waals surface area contributed by atoms with Gasteiger partial charge >= 0.3 is 5.97 Å². The molecular weight excluding hydrogens is 427 g/mol. The summed E-state index contributed by atoms with van der Waals surface area (Å²) in [6, 6.07) is 9.61. The first kappa shape index (κ1) is 22.7. The number of methoxy groups -OCH3 is 1. The van der Waals surface area contributed by atoms with E-state index in [0.717, 1.165) is 0 Å². The van der Waals surface area contributed by atoms with Crippen molar-refractivity contribution in [2.45, 2.75) is 4.90 Å². The molecule has 0 aromatic heterocycles. The zero-order valence-electron chi connectivity index (χ0n) is 16.9. The topological polar surface area (TPSA) is 122 Å². The number of sulfonamides is 1. The monoisotopic (exact) mass is 450 g/mol. The lowest BCUT2D eigenvalue weighted by Gasteiger charge is -2.36. The third-order valence-corrected chi connectivity index (χ3v) is 5.82. The third kappa shape index (κ3) is 5.78. The molecule has 1 aliphatic rings. The maximum Gasteiger partial charge on any atom is 0.340 e. The zero-order valence-corrected chi connectivity index (χ0v) is 17.7. The Bertz CT molecular complexity index is 1070. The van der Waals surface area contributed by atoms with Crippen LogP contribution in [-0.2, 0) is 19.6 Å². The van der Waals surface area contributed by atoms with Crippen LogP contribution >= 0.6 is 0 Å². The number of nitrogens with one attached hydrogen (secondary N) is 1. The number of esters is 1. The van der Waals surface area contributed by atoms with Gasteiger partial charge in [0.2, 0.25) is 15.9 Å². The van der Waals surface area contributed by atoms with Crippen LogP contribution in [0.2, 0.25) is 0 Å². The van der Waals surface area contributed by atoms with Crippen LogP contribution in [0.15, 0.2) is 47.4 Å². The molecule has 1 fully saturated rings. The highest BCUT2D eigenvalue weighted by atomic mass is 32.2. The second kappa shape index (κ2) is 9.41. The van der Waals surface area contributed by atoms with Crippen molar-refractivity contribution in [3.8, 4) is 0 Å². The van der Waals surface area contributed by atoms with E-state index in [4.69, 9.17) is 9.88 Å². The smallest absolute Gasteiger partial charge is 0.340 e. The fraction of sp³-hybridized carbons (Fsp3) is 0.300. The molecule has 31 heavy (non-hydrogen) atoms. The van der Waals surface area contributed by atoms with Crippen molar-refractivity contribution in [1.82, 2.24) is 4.90 Å². The number of ether oxygens (including phenoxy) is 1. The number of nitrogens with two attached hydrogens (primary N) is 1. The summed E-state index contributed by atoms with van der Waals surface area (Å²) in [5.41, 5.74) is 1.16. The first-order valence-corrected chi connectivity index (χ1v) is 11.0. The van der Waals surface area contributed by atoms with E-state index >= 15 is 0 Å². The van der Waals surface area contributed by atoms with Gasteiger partial charge in [0.15, 0.2) is 0 Å². The summed E-state index contributed by atoms with van der Waals surface area (Å²) in [5, 5.41) is 7.89. The minimum atomic E-state index is -3.96. The summed E-state index contributed by atoms with van der Waals surface area (Å²) in [5.74, 6) is -1.26. The molecule has 2 aromatic rings. The van der Waals surface area contributed by atoms with Gasteiger partial charge in [-0.05, 0) is 42.5 Å². The number of benzene rings is 2. The van der Waals surface area contributed by atoms with Crippen LogP contribution in [0.1, 0.15) is 10.4 Å². The van der Waals surface area contributed by atoms with E-state index in [1.807, 2.05) is 9.80 Å². The Morgan fingerprint density at radius 3 is 2.32 bits per heavy atom. The van der Waals surface area contributed by atoms with E-state index in [-0.39, 0.29) is 28.7 Å². The lowest BCUT2D eigenvalue weighted by atomic mass is 10.1. The van der Waals surface area contributed by atoms with Gasteiger partial charge in [0.05, 0.1) is 29.8 Å². The van der Waals surface area contributed by atoms with Gasteiger partial charge < -0.3 is 15.0 Å². The van der Waals surface area contributed by atoms with E-state index in [0.29, 0.717) is 37.6 Å². The van der Waals surface area contributed by atoms with E-state index in [9.17, 15) is 22.4 Å². The number of anilines is 2. The van der Waals surface area contributed by atoms with Crippen molar-refractivity contribution in [1.29, 1.82) is 0 Å². The second-order valence-electron chi connectivity index (χ2n) is 7.03. The molecule has 3 rings (SSSR count). The van der Waals surface area contributed by atoms with Crippen LogP contribution < -0.4 is 15.4 Å². The standard InChI is InChI=1S/C20H23FN4O5S/c1-30-20(27)17-12-16(31(22,28)29)6-7-18(17)25-10-8-24(9-11-25)13-19(26)23-15-4-2-14(21)3-5-15/h2-7,12H,8-11,13H2,1H3,(H,23,26)(H2,22,28,29). The van der Waals surface area contributed by atoms with Crippen molar-refractivity contribution in [3.05, 3.63) is 53.8 Å². The Balaban J connectivity index is 1.64. The Morgan fingerprint density at radius 1 is 1.10 bits per heavy atom. The van der Waals surface area contributed by atoms with Crippen LogP contribution in [0.3, 0.4) is 0 Å². The maximum absolute atomic E-state index is 13.0. The van der Waals surface area contributed by atoms with Crippen molar-refractivity contribution in [2.24, 2.45) is 5.14 Å². The normalized spacial score (nSPS) is 14.9. The van der Waals surface area contributed by atoms with Crippen molar-refractivity contribution < 1.29 is 27.1 Å². The zero-order chi connectivity index (χ0) is 22.6. The number of halogens is 1. The van der Waals surface area contributed by atoms with Gasteiger partial charge in [-0.2, -0.15) is 0 Å².